The molecule has 1 saturated heterocycles. The number of rotatable bonds is 4. The van der Waals surface area contributed by atoms with E-state index in [4.69, 9.17) is 16.4 Å². The van der Waals surface area contributed by atoms with Gasteiger partial charge in [0.1, 0.15) is 0 Å². The highest BCUT2D eigenvalue weighted by Crippen LogP contribution is 2.30. The first-order valence-electron chi connectivity index (χ1n) is 5.97. The van der Waals surface area contributed by atoms with Crippen molar-refractivity contribution in [2.45, 2.75) is 6.42 Å². The minimum absolute atomic E-state index is 0.0699. The van der Waals surface area contributed by atoms with Crippen molar-refractivity contribution in [3.05, 3.63) is 34.2 Å². The van der Waals surface area contributed by atoms with Crippen LogP contribution < -0.4 is 10.6 Å². The summed E-state index contributed by atoms with van der Waals surface area (Å²) in [5.41, 5.74) is 14.9. The molecule has 0 bridgehead atoms. The topological polar surface area (TPSA) is 132 Å². The van der Waals surface area contributed by atoms with E-state index in [0.29, 0.717) is 17.9 Å². The lowest BCUT2D eigenvalue weighted by atomic mass is 10.1. The second-order valence-corrected chi connectivity index (χ2v) is 4.57. The number of aromatic carboxylic acids is 1. The van der Waals surface area contributed by atoms with Gasteiger partial charge in [-0.3, -0.25) is 4.79 Å². The van der Waals surface area contributed by atoms with E-state index < -0.39 is 5.97 Å². The summed E-state index contributed by atoms with van der Waals surface area (Å²) in [6.45, 7) is 0.600. The maximum absolute atomic E-state index is 12.0. The van der Waals surface area contributed by atoms with Gasteiger partial charge in [0.2, 0.25) is 5.91 Å². The highest BCUT2D eigenvalue weighted by molar-refractivity contribution is 6.00. The second-order valence-electron chi connectivity index (χ2n) is 4.57. The van der Waals surface area contributed by atoms with Gasteiger partial charge >= 0.3 is 5.97 Å². The first kappa shape index (κ1) is 13.7. The third-order valence-electron chi connectivity index (χ3n) is 3.18. The number of benzene rings is 1. The molecule has 20 heavy (non-hydrogen) atoms. The third kappa shape index (κ3) is 2.65. The average Bonchev–Trinajstić information content (AvgIpc) is 2.77. The van der Waals surface area contributed by atoms with Crippen LogP contribution in [0.5, 0.6) is 0 Å². The highest BCUT2D eigenvalue weighted by atomic mass is 16.4. The second kappa shape index (κ2) is 5.50. The van der Waals surface area contributed by atoms with Gasteiger partial charge in [-0.05, 0) is 29.6 Å². The molecule has 0 saturated carbocycles. The van der Waals surface area contributed by atoms with Crippen LogP contribution in [0.4, 0.5) is 11.4 Å². The lowest BCUT2D eigenvalue weighted by Crippen LogP contribution is -2.26. The first-order valence-corrected chi connectivity index (χ1v) is 5.97. The van der Waals surface area contributed by atoms with Crippen LogP contribution in [0.1, 0.15) is 16.8 Å². The number of hydrogen-bond donors (Lipinski definition) is 2. The molecule has 0 aromatic heterocycles. The molecule has 3 N–H and O–H groups in total. The zero-order valence-corrected chi connectivity index (χ0v) is 10.6. The fraction of sp³-hybridized carbons (Fsp3) is 0.333. The molecule has 1 amide bonds. The maximum atomic E-state index is 12.0. The Kier molecular flexibility index (Phi) is 3.76. The zero-order valence-electron chi connectivity index (χ0n) is 10.6. The number of azide groups is 1. The Morgan fingerprint density at radius 1 is 1.60 bits per heavy atom. The number of carboxylic acids is 1. The molecule has 8 nitrogen and oxygen atoms in total. The van der Waals surface area contributed by atoms with Gasteiger partial charge in [-0.25, -0.2) is 4.79 Å². The number of carbonyl (C=O) groups excluding carboxylic acids is 1. The largest absolute Gasteiger partial charge is 0.478 e. The fourth-order valence-corrected chi connectivity index (χ4v) is 2.20. The SMILES string of the molecule is [N-]=[N+]=NCC1CC(=O)N(c2cc(C(=O)O)ccc2N)C1. The van der Waals surface area contributed by atoms with Gasteiger partial charge in [0.05, 0.1) is 16.9 Å². The first-order chi connectivity index (χ1) is 9.52. The summed E-state index contributed by atoms with van der Waals surface area (Å²) in [6.07, 6.45) is 0.260. The van der Waals surface area contributed by atoms with Crippen molar-refractivity contribution in [2.75, 3.05) is 23.7 Å². The Morgan fingerprint density at radius 3 is 3.00 bits per heavy atom. The minimum atomic E-state index is -1.08. The van der Waals surface area contributed by atoms with Crippen LogP contribution >= 0.6 is 0 Å². The summed E-state index contributed by atoms with van der Waals surface area (Å²) in [7, 11) is 0. The Morgan fingerprint density at radius 2 is 2.35 bits per heavy atom. The molecule has 1 atom stereocenters. The molecule has 104 valence electrons. The van der Waals surface area contributed by atoms with E-state index in [0.717, 1.165) is 0 Å². The molecule has 0 spiro atoms. The third-order valence-corrected chi connectivity index (χ3v) is 3.18. The molecule has 1 unspecified atom stereocenters. The van der Waals surface area contributed by atoms with Gasteiger partial charge in [0, 0.05) is 24.4 Å². The van der Waals surface area contributed by atoms with E-state index >= 15 is 0 Å². The lowest BCUT2D eigenvalue weighted by Gasteiger charge is -2.19. The Hall–Kier alpha value is -2.73. The number of carboxylic acid groups (broad SMARTS) is 1. The van der Waals surface area contributed by atoms with Crippen molar-refractivity contribution in [3.8, 4) is 0 Å². The molecule has 0 radical (unpaired) electrons. The number of nitrogens with two attached hydrogens (primary N) is 1. The molecule has 1 aliphatic rings. The van der Waals surface area contributed by atoms with Gasteiger partial charge in [-0.2, -0.15) is 0 Å². The fourth-order valence-electron chi connectivity index (χ4n) is 2.20. The molecule has 2 rings (SSSR count). The zero-order chi connectivity index (χ0) is 14.7. The van der Waals surface area contributed by atoms with E-state index in [1.165, 1.54) is 23.1 Å². The number of anilines is 2. The molecule has 8 heteroatoms. The van der Waals surface area contributed by atoms with Crippen LogP contribution in [0.2, 0.25) is 0 Å². The predicted molar refractivity (Wildman–Crippen MR) is 72.3 cm³/mol. The van der Waals surface area contributed by atoms with Crippen LogP contribution in [0, 0.1) is 5.92 Å². The van der Waals surface area contributed by atoms with E-state index in [1.54, 1.807) is 0 Å². The number of carbonyl (C=O) groups is 2. The molecule has 1 aromatic carbocycles. The van der Waals surface area contributed by atoms with E-state index in [1.807, 2.05) is 0 Å². The Balaban J connectivity index is 2.27. The molecule has 1 fully saturated rings. The summed E-state index contributed by atoms with van der Waals surface area (Å²) in [5, 5.41) is 12.4. The van der Waals surface area contributed by atoms with Crippen molar-refractivity contribution < 1.29 is 14.7 Å². The standard InChI is InChI=1S/C12H13N5O3/c13-9-2-1-8(12(19)20)4-10(9)17-6-7(3-11(17)18)5-15-16-14/h1-2,4,7H,3,5-6,13H2,(H,19,20). The predicted octanol–water partition coefficient (Wildman–Crippen LogP) is 1.63. The molecule has 1 aromatic rings. The monoisotopic (exact) mass is 275 g/mol. The summed E-state index contributed by atoms with van der Waals surface area (Å²) < 4.78 is 0. The normalized spacial score (nSPS) is 17.9. The number of hydrogen-bond acceptors (Lipinski definition) is 4. The van der Waals surface area contributed by atoms with Crippen molar-refractivity contribution >= 4 is 23.3 Å². The summed E-state index contributed by atoms with van der Waals surface area (Å²) in [6, 6.07) is 4.23. The molecule has 1 heterocycles. The van der Waals surface area contributed by atoms with Crippen LogP contribution in [0.3, 0.4) is 0 Å². The summed E-state index contributed by atoms with van der Waals surface area (Å²) >= 11 is 0. The molecule has 0 aliphatic carbocycles. The number of nitrogen functional groups attached to an aromatic ring is 1. The van der Waals surface area contributed by atoms with E-state index in [9.17, 15) is 9.59 Å². The van der Waals surface area contributed by atoms with Crippen molar-refractivity contribution in [2.24, 2.45) is 11.0 Å². The molecular weight excluding hydrogens is 262 g/mol. The minimum Gasteiger partial charge on any atom is -0.478 e. The van der Waals surface area contributed by atoms with Gasteiger partial charge in [-0.1, -0.05) is 5.11 Å². The molecule has 1 aliphatic heterocycles. The quantitative estimate of drug-likeness (QED) is 0.374. The summed E-state index contributed by atoms with van der Waals surface area (Å²) in [4.78, 5) is 27.1. The van der Waals surface area contributed by atoms with Gasteiger partial charge in [-0.15, -0.1) is 0 Å². The van der Waals surface area contributed by atoms with Crippen LogP contribution in [0.15, 0.2) is 23.3 Å². The van der Waals surface area contributed by atoms with Crippen molar-refractivity contribution in [1.29, 1.82) is 0 Å². The van der Waals surface area contributed by atoms with Gasteiger partial charge < -0.3 is 15.7 Å². The van der Waals surface area contributed by atoms with E-state index in [-0.39, 0.29) is 30.4 Å². The van der Waals surface area contributed by atoms with E-state index in [2.05, 4.69) is 10.0 Å². The van der Waals surface area contributed by atoms with Crippen molar-refractivity contribution in [1.82, 2.24) is 0 Å². The maximum Gasteiger partial charge on any atom is 0.335 e. The van der Waals surface area contributed by atoms with Crippen LogP contribution in [-0.2, 0) is 4.79 Å². The molecular formula is C12H13N5O3. The highest BCUT2D eigenvalue weighted by Gasteiger charge is 2.31. The lowest BCUT2D eigenvalue weighted by molar-refractivity contribution is -0.117. The Labute approximate surface area is 114 Å². The smallest absolute Gasteiger partial charge is 0.335 e. The Bertz CT molecular complexity index is 609. The number of nitrogens with zero attached hydrogens (tertiary/aromatic N) is 4. The average molecular weight is 275 g/mol. The summed E-state index contributed by atoms with van der Waals surface area (Å²) in [5.74, 6) is -1.31. The number of amides is 1. The van der Waals surface area contributed by atoms with Gasteiger partial charge in [0.15, 0.2) is 0 Å². The van der Waals surface area contributed by atoms with Crippen molar-refractivity contribution in [3.63, 3.8) is 0 Å². The van der Waals surface area contributed by atoms with Crippen LogP contribution in [0.25, 0.3) is 10.4 Å². The van der Waals surface area contributed by atoms with Gasteiger partial charge in [0.25, 0.3) is 0 Å². The van der Waals surface area contributed by atoms with Crippen LogP contribution in [-0.4, -0.2) is 30.1 Å².